The van der Waals surface area contributed by atoms with Crippen molar-refractivity contribution in [3.05, 3.63) is 81.9 Å². The van der Waals surface area contributed by atoms with Crippen LogP contribution in [0.2, 0.25) is 0 Å². The summed E-state index contributed by atoms with van der Waals surface area (Å²) in [6.07, 6.45) is -4.59. The summed E-state index contributed by atoms with van der Waals surface area (Å²) in [5.41, 5.74) is 7.42. The first-order chi connectivity index (χ1) is 15.5. The highest BCUT2D eigenvalue weighted by Crippen LogP contribution is 2.53. The van der Waals surface area contributed by atoms with E-state index < -0.39 is 17.2 Å². The zero-order chi connectivity index (χ0) is 24.1. The highest BCUT2D eigenvalue weighted by molar-refractivity contribution is 5.72. The number of nitrogens with one attached hydrogen (secondary N) is 1. The van der Waals surface area contributed by atoms with E-state index in [9.17, 15) is 18.4 Å². The number of nitrogens with zero attached hydrogens (tertiary/aromatic N) is 2. The van der Waals surface area contributed by atoms with Crippen molar-refractivity contribution in [3.8, 4) is 23.1 Å². The molecule has 1 aliphatic heterocycles. The molecule has 1 atom stereocenters. The van der Waals surface area contributed by atoms with Crippen LogP contribution in [0, 0.1) is 31.1 Å². The van der Waals surface area contributed by atoms with Crippen molar-refractivity contribution in [3.63, 3.8) is 0 Å². The van der Waals surface area contributed by atoms with E-state index in [0.29, 0.717) is 27.9 Å². The standard InChI is InChI=1S/C25H23F3N4O/c1-13(2)24(20(12-29)22(30)33-23-21(24)15(4)31-32-23)17-9-16(10-18(11-17)25(26,27)28)19-8-6-5-7-14(19)3/h5-11,13H,30H2,1-4H3,(H,31,32)/t24-/m0/s1. The molecule has 1 aromatic heterocycles. The maximum Gasteiger partial charge on any atom is 0.416 e. The highest BCUT2D eigenvalue weighted by Gasteiger charge is 2.51. The normalized spacial score (nSPS) is 18.2. The minimum Gasteiger partial charge on any atom is -0.420 e. The Kier molecular flexibility index (Phi) is 5.24. The molecule has 170 valence electrons. The van der Waals surface area contributed by atoms with Crippen molar-refractivity contribution in [1.29, 1.82) is 5.26 Å². The van der Waals surface area contributed by atoms with Crippen LogP contribution in [0.1, 0.15) is 41.8 Å². The number of ether oxygens (including phenoxy) is 1. The lowest BCUT2D eigenvalue weighted by Gasteiger charge is -2.41. The van der Waals surface area contributed by atoms with Crippen LogP contribution in [0.15, 0.2) is 53.9 Å². The Morgan fingerprint density at radius 2 is 1.85 bits per heavy atom. The number of aryl methyl sites for hydroxylation is 2. The topological polar surface area (TPSA) is 87.7 Å². The van der Waals surface area contributed by atoms with E-state index in [1.54, 1.807) is 25.1 Å². The van der Waals surface area contributed by atoms with Gasteiger partial charge in [-0.15, -0.1) is 5.10 Å². The molecule has 1 aliphatic rings. The van der Waals surface area contributed by atoms with Crippen molar-refractivity contribution in [2.24, 2.45) is 11.7 Å². The summed E-state index contributed by atoms with van der Waals surface area (Å²) in [7, 11) is 0. The van der Waals surface area contributed by atoms with Crippen LogP contribution in [0.3, 0.4) is 0 Å². The fraction of sp³-hybridized carbons (Fsp3) is 0.280. The first-order valence-electron chi connectivity index (χ1n) is 10.4. The summed E-state index contributed by atoms with van der Waals surface area (Å²) in [6, 6.07) is 13.3. The first kappa shape index (κ1) is 22.5. The third-order valence-electron chi connectivity index (χ3n) is 6.31. The van der Waals surface area contributed by atoms with Crippen LogP contribution in [-0.4, -0.2) is 10.2 Å². The average molecular weight is 452 g/mol. The van der Waals surface area contributed by atoms with Crippen molar-refractivity contribution in [2.75, 3.05) is 0 Å². The molecular weight excluding hydrogens is 429 g/mol. The number of aromatic amines is 1. The maximum atomic E-state index is 14.1. The Labute approximate surface area is 189 Å². The van der Waals surface area contributed by atoms with E-state index >= 15 is 0 Å². The molecular formula is C25H23F3N4O. The van der Waals surface area contributed by atoms with Gasteiger partial charge in [0.2, 0.25) is 11.8 Å². The Hall–Kier alpha value is -3.73. The SMILES string of the molecule is Cc1ccccc1-c1cc(C(F)(F)F)cc([C@@]2(C(C)C)C(C#N)=C(N)Oc3n[nH]c(C)c32)c1. The number of rotatable bonds is 3. The molecule has 0 spiro atoms. The number of nitrogens with two attached hydrogens (primary N) is 1. The zero-order valence-electron chi connectivity index (χ0n) is 18.6. The van der Waals surface area contributed by atoms with Crippen molar-refractivity contribution < 1.29 is 17.9 Å². The van der Waals surface area contributed by atoms with Gasteiger partial charge in [-0.2, -0.15) is 18.4 Å². The lowest BCUT2D eigenvalue weighted by molar-refractivity contribution is -0.137. The number of fused-ring (bicyclic) bond motifs is 1. The number of nitriles is 1. The Morgan fingerprint density at radius 3 is 2.45 bits per heavy atom. The Balaban J connectivity index is 2.16. The molecule has 33 heavy (non-hydrogen) atoms. The predicted molar refractivity (Wildman–Crippen MR) is 118 cm³/mol. The second-order valence-electron chi connectivity index (χ2n) is 8.56. The van der Waals surface area contributed by atoms with Crippen LogP contribution >= 0.6 is 0 Å². The number of hydrogen-bond donors (Lipinski definition) is 2. The molecule has 5 nitrogen and oxygen atoms in total. The Bertz CT molecular complexity index is 1310. The summed E-state index contributed by atoms with van der Waals surface area (Å²) >= 11 is 0. The lowest BCUT2D eigenvalue weighted by Crippen LogP contribution is -2.41. The molecule has 0 bridgehead atoms. The van der Waals surface area contributed by atoms with Gasteiger partial charge in [0, 0.05) is 5.69 Å². The highest BCUT2D eigenvalue weighted by atomic mass is 19.4. The smallest absolute Gasteiger partial charge is 0.416 e. The number of alkyl halides is 3. The summed E-state index contributed by atoms with van der Waals surface area (Å²) in [5, 5.41) is 17.1. The molecule has 4 rings (SSSR count). The van der Waals surface area contributed by atoms with Gasteiger partial charge in [-0.05, 0) is 60.2 Å². The quantitative estimate of drug-likeness (QED) is 0.530. The molecule has 0 amide bonds. The molecule has 8 heteroatoms. The number of halogens is 3. The van der Waals surface area contributed by atoms with Gasteiger partial charge < -0.3 is 10.5 Å². The lowest BCUT2D eigenvalue weighted by atomic mass is 9.61. The van der Waals surface area contributed by atoms with E-state index in [1.165, 1.54) is 0 Å². The van der Waals surface area contributed by atoms with Gasteiger partial charge in [-0.25, -0.2) is 0 Å². The van der Waals surface area contributed by atoms with Crippen molar-refractivity contribution in [1.82, 2.24) is 10.2 Å². The molecule has 0 saturated heterocycles. The molecule has 2 aromatic carbocycles. The summed E-state index contributed by atoms with van der Waals surface area (Å²) in [5.74, 6) is -0.356. The van der Waals surface area contributed by atoms with E-state index in [-0.39, 0.29) is 23.3 Å². The summed E-state index contributed by atoms with van der Waals surface area (Å²) < 4.78 is 47.8. The molecule has 0 radical (unpaired) electrons. The molecule has 3 aromatic rings. The van der Waals surface area contributed by atoms with Crippen LogP contribution in [-0.2, 0) is 11.6 Å². The third-order valence-corrected chi connectivity index (χ3v) is 6.31. The van der Waals surface area contributed by atoms with Gasteiger partial charge >= 0.3 is 6.18 Å². The van der Waals surface area contributed by atoms with E-state index in [0.717, 1.165) is 17.7 Å². The van der Waals surface area contributed by atoms with Crippen molar-refractivity contribution in [2.45, 2.75) is 39.3 Å². The molecule has 0 unspecified atom stereocenters. The first-order valence-corrected chi connectivity index (χ1v) is 10.4. The average Bonchev–Trinajstić information content (AvgIpc) is 3.12. The van der Waals surface area contributed by atoms with Crippen LogP contribution in [0.25, 0.3) is 11.1 Å². The fourth-order valence-corrected chi connectivity index (χ4v) is 4.83. The molecule has 0 aliphatic carbocycles. The van der Waals surface area contributed by atoms with Crippen molar-refractivity contribution >= 4 is 0 Å². The minimum atomic E-state index is -4.59. The molecule has 3 N–H and O–H groups in total. The van der Waals surface area contributed by atoms with E-state index in [1.807, 2.05) is 32.9 Å². The number of hydrogen-bond acceptors (Lipinski definition) is 4. The number of aromatic nitrogens is 2. The predicted octanol–water partition coefficient (Wildman–Crippen LogP) is 5.74. The maximum absolute atomic E-state index is 14.1. The molecule has 2 heterocycles. The fourth-order valence-electron chi connectivity index (χ4n) is 4.83. The summed E-state index contributed by atoms with van der Waals surface area (Å²) in [4.78, 5) is 0. The minimum absolute atomic E-state index is 0.0598. The van der Waals surface area contributed by atoms with E-state index in [2.05, 4.69) is 16.3 Å². The second-order valence-corrected chi connectivity index (χ2v) is 8.56. The van der Waals surface area contributed by atoms with Crippen LogP contribution in [0.4, 0.5) is 13.2 Å². The Morgan fingerprint density at radius 1 is 1.15 bits per heavy atom. The van der Waals surface area contributed by atoms with Gasteiger partial charge in [-0.3, -0.25) is 5.10 Å². The summed E-state index contributed by atoms with van der Waals surface area (Å²) in [6.45, 7) is 7.29. The van der Waals surface area contributed by atoms with Gasteiger partial charge in [0.05, 0.1) is 16.5 Å². The van der Waals surface area contributed by atoms with Gasteiger partial charge in [0.15, 0.2) is 0 Å². The van der Waals surface area contributed by atoms with Crippen LogP contribution in [0.5, 0.6) is 5.88 Å². The molecule has 0 fully saturated rings. The van der Waals surface area contributed by atoms with E-state index in [4.69, 9.17) is 10.5 Å². The third kappa shape index (κ3) is 3.35. The monoisotopic (exact) mass is 452 g/mol. The second kappa shape index (κ2) is 7.69. The van der Waals surface area contributed by atoms with Gasteiger partial charge in [0.25, 0.3) is 0 Å². The zero-order valence-corrected chi connectivity index (χ0v) is 18.6. The van der Waals surface area contributed by atoms with Crippen LogP contribution < -0.4 is 10.5 Å². The number of benzene rings is 2. The largest absolute Gasteiger partial charge is 0.420 e. The van der Waals surface area contributed by atoms with Gasteiger partial charge in [0.1, 0.15) is 11.6 Å². The number of H-pyrrole nitrogens is 1. The number of allylic oxidation sites excluding steroid dienone is 1. The van der Waals surface area contributed by atoms with Gasteiger partial charge in [-0.1, -0.05) is 38.1 Å². The molecule has 0 saturated carbocycles.